The molecule has 1 aliphatic rings. The average molecular weight is 693 g/mol. The van der Waals surface area contributed by atoms with Gasteiger partial charge >= 0.3 is 0 Å². The van der Waals surface area contributed by atoms with Crippen LogP contribution in [0.3, 0.4) is 0 Å². The third-order valence-electron chi connectivity index (χ3n) is 4.99. The molecule has 1 aliphatic heterocycles. The molecule has 1 heterocycles. The molecule has 11 heteroatoms. The molecule has 0 saturated carbocycles. The van der Waals surface area contributed by atoms with Crippen LogP contribution in [0.5, 0.6) is 11.5 Å². The number of amides is 2. The van der Waals surface area contributed by atoms with E-state index < -0.39 is 0 Å². The first-order chi connectivity index (χ1) is 17.2. The Morgan fingerprint density at radius 3 is 2.33 bits per heavy atom. The maximum Gasteiger partial charge on any atom is 0.293 e. The van der Waals surface area contributed by atoms with Crippen LogP contribution in [0.4, 0.5) is 4.79 Å². The lowest BCUT2D eigenvalue weighted by atomic mass is 10.2. The van der Waals surface area contributed by atoms with E-state index in [4.69, 9.17) is 44.3 Å². The maximum absolute atomic E-state index is 12.8. The second-order valence-corrected chi connectivity index (χ2v) is 11.4. The van der Waals surface area contributed by atoms with Gasteiger partial charge in [-0.05, 0) is 91.7 Å². The third kappa shape index (κ3) is 6.60. The Morgan fingerprint density at radius 1 is 0.917 bits per heavy atom. The lowest BCUT2D eigenvalue weighted by Crippen LogP contribution is -2.32. The minimum Gasteiger partial charge on any atom is -0.490 e. The van der Waals surface area contributed by atoms with Crippen LogP contribution < -0.4 is 9.47 Å². The summed E-state index contributed by atoms with van der Waals surface area (Å²) in [6, 6.07) is 15.8. The molecule has 1 saturated heterocycles. The van der Waals surface area contributed by atoms with Gasteiger partial charge in [0.05, 0.1) is 25.4 Å². The maximum atomic E-state index is 12.8. The SMILES string of the molecule is O=C1S/C(=C\c2cc(Br)c(OCc3ccc(Cl)cc3Cl)c(Br)c2)C(=O)N1CCOc1ccccc1Cl. The van der Waals surface area contributed by atoms with Crippen LogP contribution in [0, 0.1) is 0 Å². The molecule has 4 rings (SSSR count). The largest absolute Gasteiger partial charge is 0.490 e. The highest BCUT2D eigenvalue weighted by Crippen LogP contribution is 2.38. The molecule has 0 aliphatic carbocycles. The average Bonchev–Trinajstić information content (AvgIpc) is 3.08. The Morgan fingerprint density at radius 2 is 1.64 bits per heavy atom. The first-order valence-electron chi connectivity index (χ1n) is 10.4. The van der Waals surface area contributed by atoms with Crippen molar-refractivity contribution in [3.05, 3.63) is 94.6 Å². The van der Waals surface area contributed by atoms with Crippen LogP contribution in [-0.4, -0.2) is 29.2 Å². The summed E-state index contributed by atoms with van der Waals surface area (Å²) in [5.74, 6) is 0.692. The lowest BCUT2D eigenvalue weighted by molar-refractivity contribution is -0.123. The zero-order valence-corrected chi connectivity index (χ0v) is 24.5. The minimum atomic E-state index is -0.377. The fraction of sp³-hybridized carbons (Fsp3) is 0.120. The molecule has 3 aromatic carbocycles. The van der Waals surface area contributed by atoms with Crippen molar-refractivity contribution in [3.63, 3.8) is 0 Å². The standard InChI is InChI=1S/C25H16Br2Cl3NO4S/c26-17-9-14(10-18(27)23(17)35-13-15-5-6-16(28)12-20(15)30)11-22-24(32)31(25(33)36-22)7-8-34-21-4-2-1-3-19(21)29/h1-6,9-12H,7-8,13H2/b22-11-. The van der Waals surface area contributed by atoms with Gasteiger partial charge in [-0.2, -0.15) is 0 Å². The summed E-state index contributed by atoms with van der Waals surface area (Å²) in [5, 5.41) is 1.17. The Bertz CT molecular complexity index is 1350. The molecule has 36 heavy (non-hydrogen) atoms. The quantitative estimate of drug-likeness (QED) is 0.221. The zero-order valence-electron chi connectivity index (χ0n) is 18.3. The van der Waals surface area contributed by atoms with E-state index in [0.29, 0.717) is 46.0 Å². The molecule has 5 nitrogen and oxygen atoms in total. The summed E-state index contributed by atoms with van der Waals surface area (Å²) in [4.78, 5) is 26.8. The predicted octanol–water partition coefficient (Wildman–Crippen LogP) is 8.87. The Labute approximate surface area is 243 Å². The lowest BCUT2D eigenvalue weighted by Gasteiger charge is -2.14. The molecule has 0 atom stereocenters. The summed E-state index contributed by atoms with van der Waals surface area (Å²) in [6.07, 6.45) is 1.66. The van der Waals surface area contributed by atoms with Crippen molar-refractivity contribution in [3.8, 4) is 11.5 Å². The number of hydrogen-bond acceptors (Lipinski definition) is 5. The number of hydrogen-bond donors (Lipinski definition) is 0. The Balaban J connectivity index is 1.42. The number of para-hydroxylation sites is 1. The zero-order chi connectivity index (χ0) is 25.8. The molecule has 0 N–H and O–H groups in total. The number of halogens is 5. The molecular weight excluding hydrogens is 677 g/mol. The van der Waals surface area contributed by atoms with Gasteiger partial charge < -0.3 is 9.47 Å². The number of ether oxygens (including phenoxy) is 2. The van der Waals surface area contributed by atoms with Crippen LogP contribution in [0.2, 0.25) is 15.1 Å². The summed E-state index contributed by atoms with van der Waals surface area (Å²) in [5.41, 5.74) is 1.50. The second kappa shape index (κ2) is 12.2. The van der Waals surface area contributed by atoms with Crippen molar-refractivity contribution in [2.45, 2.75) is 6.61 Å². The molecular formula is C25H16Br2Cl3NO4S. The molecule has 1 fully saturated rings. The van der Waals surface area contributed by atoms with Crippen LogP contribution >= 0.6 is 78.4 Å². The molecule has 2 amide bonds. The second-order valence-electron chi connectivity index (χ2n) is 7.45. The molecule has 0 unspecified atom stereocenters. The number of carbonyl (C=O) groups excluding carboxylic acids is 2. The number of imide groups is 1. The fourth-order valence-corrected chi connectivity index (χ4v) is 6.21. The summed E-state index contributed by atoms with van der Waals surface area (Å²) < 4.78 is 12.9. The van der Waals surface area contributed by atoms with Gasteiger partial charge in [0.25, 0.3) is 11.1 Å². The highest BCUT2D eigenvalue weighted by molar-refractivity contribution is 9.11. The molecule has 186 valence electrons. The van der Waals surface area contributed by atoms with Gasteiger partial charge in [0, 0.05) is 15.6 Å². The van der Waals surface area contributed by atoms with Crippen molar-refractivity contribution in [2.24, 2.45) is 0 Å². The number of nitrogens with zero attached hydrogens (tertiary/aromatic N) is 1. The van der Waals surface area contributed by atoms with E-state index in [1.54, 1.807) is 60.7 Å². The van der Waals surface area contributed by atoms with Crippen molar-refractivity contribution in [1.29, 1.82) is 0 Å². The van der Waals surface area contributed by atoms with Gasteiger partial charge in [0.2, 0.25) is 0 Å². The van der Waals surface area contributed by atoms with Gasteiger partial charge in [-0.15, -0.1) is 0 Å². The first kappa shape index (κ1) is 27.4. The number of rotatable bonds is 8. The first-order valence-corrected chi connectivity index (χ1v) is 13.9. The molecule has 0 spiro atoms. The molecule has 0 aromatic heterocycles. The Hall–Kier alpha value is -1.68. The minimum absolute atomic E-state index is 0.112. The van der Waals surface area contributed by atoms with E-state index in [9.17, 15) is 9.59 Å². The van der Waals surface area contributed by atoms with E-state index in [1.807, 2.05) is 0 Å². The highest BCUT2D eigenvalue weighted by Gasteiger charge is 2.35. The van der Waals surface area contributed by atoms with Crippen LogP contribution in [-0.2, 0) is 11.4 Å². The Kier molecular flexibility index (Phi) is 9.30. The van der Waals surface area contributed by atoms with E-state index in [2.05, 4.69) is 31.9 Å². The summed E-state index contributed by atoms with van der Waals surface area (Å²) >= 11 is 26.2. The van der Waals surface area contributed by atoms with E-state index in [1.165, 1.54) is 0 Å². The van der Waals surface area contributed by atoms with Gasteiger partial charge in [-0.1, -0.05) is 53.0 Å². The topological polar surface area (TPSA) is 55.8 Å². The smallest absolute Gasteiger partial charge is 0.293 e. The van der Waals surface area contributed by atoms with Crippen LogP contribution in [0.1, 0.15) is 11.1 Å². The van der Waals surface area contributed by atoms with Crippen molar-refractivity contribution in [2.75, 3.05) is 13.2 Å². The summed E-state index contributed by atoms with van der Waals surface area (Å²) in [6.45, 7) is 0.484. The van der Waals surface area contributed by atoms with E-state index >= 15 is 0 Å². The number of thioether (sulfide) groups is 1. The molecule has 0 bridgehead atoms. The fourth-order valence-electron chi connectivity index (χ4n) is 3.24. The van der Waals surface area contributed by atoms with Crippen molar-refractivity contribution < 1.29 is 19.1 Å². The normalized spacial score (nSPS) is 14.6. The van der Waals surface area contributed by atoms with Gasteiger partial charge in [0.15, 0.2) is 0 Å². The van der Waals surface area contributed by atoms with Crippen molar-refractivity contribution in [1.82, 2.24) is 4.90 Å². The number of carbonyl (C=O) groups is 2. The van der Waals surface area contributed by atoms with Crippen LogP contribution in [0.25, 0.3) is 6.08 Å². The van der Waals surface area contributed by atoms with Gasteiger partial charge in [-0.25, -0.2) is 0 Å². The van der Waals surface area contributed by atoms with E-state index in [-0.39, 0.29) is 30.9 Å². The summed E-state index contributed by atoms with van der Waals surface area (Å²) in [7, 11) is 0. The van der Waals surface area contributed by atoms with E-state index in [0.717, 1.165) is 22.2 Å². The number of benzene rings is 3. The predicted molar refractivity (Wildman–Crippen MR) is 152 cm³/mol. The van der Waals surface area contributed by atoms with Crippen LogP contribution in [0.15, 0.2) is 68.4 Å². The van der Waals surface area contributed by atoms with Gasteiger partial charge in [-0.3, -0.25) is 14.5 Å². The van der Waals surface area contributed by atoms with Crippen molar-refractivity contribution >= 4 is 95.6 Å². The highest BCUT2D eigenvalue weighted by atomic mass is 79.9. The molecule has 3 aromatic rings. The molecule has 0 radical (unpaired) electrons. The monoisotopic (exact) mass is 689 g/mol. The third-order valence-corrected chi connectivity index (χ3v) is 7.97. The van der Waals surface area contributed by atoms with Gasteiger partial charge in [0.1, 0.15) is 24.7 Å².